The molecule has 0 aliphatic carbocycles. The van der Waals surface area contributed by atoms with E-state index in [0.29, 0.717) is 11.3 Å². The van der Waals surface area contributed by atoms with Gasteiger partial charge in [-0.2, -0.15) is 0 Å². The molecule has 0 aliphatic heterocycles. The quantitative estimate of drug-likeness (QED) is 0.717. The van der Waals surface area contributed by atoms with Gasteiger partial charge in [0.25, 0.3) is 0 Å². The van der Waals surface area contributed by atoms with Crippen molar-refractivity contribution in [2.24, 2.45) is 0 Å². The summed E-state index contributed by atoms with van der Waals surface area (Å²) >= 11 is 0. The van der Waals surface area contributed by atoms with Crippen LogP contribution in [-0.2, 0) is 0 Å². The minimum absolute atomic E-state index is 0.614. The van der Waals surface area contributed by atoms with Crippen molar-refractivity contribution in [3.63, 3.8) is 0 Å². The van der Waals surface area contributed by atoms with Crippen LogP contribution in [0.3, 0.4) is 0 Å². The summed E-state index contributed by atoms with van der Waals surface area (Å²) in [6.45, 7) is 0. The van der Waals surface area contributed by atoms with Crippen LogP contribution in [-0.4, -0.2) is 6.29 Å². The van der Waals surface area contributed by atoms with Crippen LogP contribution in [0.25, 0.3) is 0 Å². The van der Waals surface area contributed by atoms with E-state index < -0.39 is 0 Å². The maximum Gasteiger partial charge on any atom is 0.150 e. The van der Waals surface area contributed by atoms with E-state index >= 15 is 0 Å². The summed E-state index contributed by atoms with van der Waals surface area (Å²) in [4.78, 5) is 10.6. The Kier molecular flexibility index (Phi) is 2.79. The van der Waals surface area contributed by atoms with Crippen molar-refractivity contribution in [3.8, 4) is 11.5 Å². The van der Waals surface area contributed by atoms with Crippen LogP contribution in [0.15, 0.2) is 54.6 Å². The Morgan fingerprint density at radius 3 is 2.33 bits per heavy atom. The molecule has 2 heteroatoms. The van der Waals surface area contributed by atoms with Crippen molar-refractivity contribution < 1.29 is 9.53 Å². The Morgan fingerprint density at radius 1 is 0.867 bits per heavy atom. The van der Waals surface area contributed by atoms with Gasteiger partial charge in [-0.1, -0.05) is 30.3 Å². The van der Waals surface area contributed by atoms with Crippen molar-refractivity contribution in [2.75, 3.05) is 0 Å². The molecular weight excluding hydrogens is 194 g/mol. The van der Waals surface area contributed by atoms with Crippen molar-refractivity contribution in [1.29, 1.82) is 0 Å². The molecule has 0 unspecified atom stereocenters. The van der Waals surface area contributed by atoms with Crippen LogP contribution in [0.4, 0.5) is 0 Å². The van der Waals surface area contributed by atoms with Crippen LogP contribution >= 0.6 is 0 Å². The smallest absolute Gasteiger partial charge is 0.150 e. The second kappa shape index (κ2) is 4.42. The number of ether oxygens (including phenoxy) is 1. The summed E-state index contributed by atoms with van der Waals surface area (Å²) < 4.78 is 5.56. The molecule has 0 spiro atoms. The first-order valence-electron chi connectivity index (χ1n) is 4.66. The normalized spacial score (nSPS) is 9.60. The summed E-state index contributed by atoms with van der Waals surface area (Å²) in [5.41, 5.74) is 0.614. The van der Waals surface area contributed by atoms with E-state index in [9.17, 15) is 4.79 Å². The minimum Gasteiger partial charge on any atom is -0.457 e. The van der Waals surface area contributed by atoms with E-state index in [1.54, 1.807) is 18.2 Å². The summed E-state index contributed by atoms with van der Waals surface area (Å²) in [6, 6.07) is 16.5. The average molecular weight is 204 g/mol. The molecule has 0 heterocycles. The Balaban J connectivity index is 2.21. The van der Waals surface area contributed by atoms with Gasteiger partial charge in [0.1, 0.15) is 17.8 Å². The fourth-order valence-electron chi connectivity index (χ4n) is 1.28. The average Bonchev–Trinajstić information content (AvgIpc) is 2.31. The molecule has 0 saturated heterocycles. The fourth-order valence-corrected chi connectivity index (χ4v) is 1.28. The van der Waals surface area contributed by atoms with E-state index in [1.807, 2.05) is 36.4 Å². The van der Waals surface area contributed by atoms with Gasteiger partial charge < -0.3 is 4.74 Å². The molecule has 0 saturated carbocycles. The minimum atomic E-state index is 0.614. The predicted molar refractivity (Wildman–Crippen MR) is 58.3 cm³/mol. The van der Waals surface area contributed by atoms with Gasteiger partial charge in [0, 0.05) is 5.56 Å². The summed E-state index contributed by atoms with van der Waals surface area (Å²) in [5.74, 6) is 1.44. The van der Waals surface area contributed by atoms with Gasteiger partial charge in [-0.3, -0.25) is 4.79 Å². The zero-order chi connectivity index (χ0) is 10.5. The summed E-state index contributed by atoms with van der Waals surface area (Å²) in [6.07, 6.45) is 0.803. The van der Waals surface area contributed by atoms with E-state index in [-0.39, 0.29) is 0 Å². The molecule has 0 amide bonds. The number of carbonyl (C=O) groups is 1. The first kappa shape index (κ1) is 9.46. The number of aldehydes is 1. The monoisotopic (exact) mass is 204 g/mol. The number of benzene rings is 2. The molecule has 2 aromatic carbocycles. The van der Waals surface area contributed by atoms with Crippen molar-refractivity contribution in [1.82, 2.24) is 0 Å². The van der Waals surface area contributed by atoms with Gasteiger partial charge in [-0.05, 0) is 24.3 Å². The van der Waals surface area contributed by atoms with Crippen molar-refractivity contribution in [2.45, 2.75) is 0 Å². The molecule has 15 heavy (non-hydrogen) atoms. The maximum atomic E-state index is 10.6. The standard InChI is InChI=1S/C13H10O2/c14-10-11-5-4-8-13(9-11)15-12-6-2-1-3-7-12/h1-10H/i1+1,2+1,3+1,6+1,7+1,12+1. The number of para-hydroxylation sites is 1. The van der Waals surface area contributed by atoms with Crippen LogP contribution in [0, 0.1) is 0 Å². The zero-order valence-corrected chi connectivity index (χ0v) is 8.09. The number of hydrogen-bond donors (Lipinski definition) is 0. The summed E-state index contributed by atoms with van der Waals surface area (Å²) in [7, 11) is 0. The third-order valence-electron chi connectivity index (χ3n) is 1.97. The van der Waals surface area contributed by atoms with Crippen LogP contribution < -0.4 is 4.74 Å². The Bertz CT molecular complexity index is 449. The van der Waals surface area contributed by atoms with Crippen LogP contribution in [0.1, 0.15) is 10.4 Å². The molecule has 0 fully saturated rings. The first-order valence-corrected chi connectivity index (χ1v) is 4.66. The lowest BCUT2D eigenvalue weighted by Crippen LogP contribution is -1.85. The highest BCUT2D eigenvalue weighted by molar-refractivity contribution is 5.75. The number of rotatable bonds is 3. The van der Waals surface area contributed by atoms with Crippen LogP contribution in [0.2, 0.25) is 0 Å². The van der Waals surface area contributed by atoms with Crippen molar-refractivity contribution >= 4 is 6.29 Å². The maximum absolute atomic E-state index is 10.6. The molecule has 0 radical (unpaired) electrons. The number of hydrogen-bond acceptors (Lipinski definition) is 2. The summed E-state index contributed by atoms with van der Waals surface area (Å²) in [5, 5.41) is 0. The second-order valence-corrected chi connectivity index (χ2v) is 3.11. The van der Waals surface area contributed by atoms with Gasteiger partial charge in [0.2, 0.25) is 0 Å². The van der Waals surface area contributed by atoms with E-state index in [1.165, 1.54) is 0 Å². The van der Waals surface area contributed by atoms with Crippen LogP contribution in [0.5, 0.6) is 11.5 Å². The van der Waals surface area contributed by atoms with Gasteiger partial charge >= 0.3 is 0 Å². The second-order valence-electron chi connectivity index (χ2n) is 3.11. The van der Waals surface area contributed by atoms with E-state index in [2.05, 4.69) is 0 Å². The third-order valence-corrected chi connectivity index (χ3v) is 1.97. The first-order chi connectivity index (χ1) is 7.38. The lowest BCUT2D eigenvalue weighted by Gasteiger charge is -2.04. The van der Waals surface area contributed by atoms with Gasteiger partial charge in [0.15, 0.2) is 0 Å². The van der Waals surface area contributed by atoms with E-state index in [4.69, 9.17) is 4.74 Å². The highest BCUT2D eigenvalue weighted by Crippen LogP contribution is 2.20. The predicted octanol–water partition coefficient (Wildman–Crippen LogP) is 3.29. The highest BCUT2D eigenvalue weighted by atomic mass is 16.6. The lowest BCUT2D eigenvalue weighted by atomic mass is 10.2. The van der Waals surface area contributed by atoms with E-state index in [0.717, 1.165) is 12.0 Å². The Morgan fingerprint density at radius 2 is 1.60 bits per heavy atom. The van der Waals surface area contributed by atoms with Crippen molar-refractivity contribution in [3.05, 3.63) is 60.2 Å². The molecular formula is C13H10O2. The topological polar surface area (TPSA) is 26.3 Å². The van der Waals surface area contributed by atoms with Gasteiger partial charge in [0.05, 0.1) is 0 Å². The van der Waals surface area contributed by atoms with Gasteiger partial charge in [-0.25, -0.2) is 0 Å². The van der Waals surface area contributed by atoms with Gasteiger partial charge in [-0.15, -0.1) is 0 Å². The molecule has 2 nitrogen and oxygen atoms in total. The highest BCUT2D eigenvalue weighted by Gasteiger charge is 1.97. The SMILES string of the molecule is O=Cc1cccc(O[13c]2[13cH][13cH][13cH][13cH][13cH]2)c1. The Labute approximate surface area is 88.1 Å². The molecule has 2 aromatic rings. The molecule has 0 bridgehead atoms. The molecule has 0 N–H and O–H groups in total. The lowest BCUT2D eigenvalue weighted by molar-refractivity contribution is 0.112. The number of carbonyl (C=O) groups excluding carboxylic acids is 1. The molecule has 0 aliphatic rings. The molecule has 0 atom stereocenters. The zero-order valence-electron chi connectivity index (χ0n) is 8.09. The largest absolute Gasteiger partial charge is 0.457 e. The Hall–Kier alpha value is -2.09. The third kappa shape index (κ3) is 2.44. The molecule has 0 aromatic heterocycles. The molecule has 74 valence electrons. The molecule has 2 rings (SSSR count). The fraction of sp³-hybridized carbons (Fsp3) is 0.